The molecule has 1 aliphatic rings. The van der Waals surface area contributed by atoms with E-state index in [-0.39, 0.29) is 36.7 Å². The van der Waals surface area contributed by atoms with Crippen molar-refractivity contribution in [2.75, 3.05) is 13.2 Å². The lowest BCUT2D eigenvalue weighted by atomic mass is 9.97. The highest BCUT2D eigenvalue weighted by Gasteiger charge is 2.33. The number of likely N-dealkylation sites (tertiary alicyclic amines) is 1. The minimum Gasteiger partial charge on any atom is -0.484 e. The Kier molecular flexibility index (Phi) is 8.39. The molecule has 1 saturated heterocycles. The molecule has 1 heterocycles. The summed E-state index contributed by atoms with van der Waals surface area (Å²) < 4.78 is 45.1. The maximum absolute atomic E-state index is 13.2. The number of carbonyl (C=O) groups is 2. The van der Waals surface area contributed by atoms with Gasteiger partial charge in [0.05, 0.1) is 11.6 Å². The van der Waals surface area contributed by atoms with E-state index in [0.717, 1.165) is 19.3 Å². The van der Waals surface area contributed by atoms with Gasteiger partial charge in [-0.2, -0.15) is 18.4 Å². The molecular formula is C26H28F3N3O3. The summed E-state index contributed by atoms with van der Waals surface area (Å²) in [5.41, 5.74) is 0.918. The summed E-state index contributed by atoms with van der Waals surface area (Å²) in [6, 6.07) is 14.0. The zero-order chi connectivity index (χ0) is 25.6. The van der Waals surface area contributed by atoms with E-state index in [4.69, 9.17) is 10.00 Å². The van der Waals surface area contributed by atoms with E-state index in [1.165, 1.54) is 48.5 Å². The molecule has 2 aromatic carbocycles. The highest BCUT2D eigenvalue weighted by atomic mass is 19.4. The number of hydrogen-bond acceptors (Lipinski definition) is 4. The number of benzene rings is 2. The second-order valence-electron chi connectivity index (χ2n) is 8.83. The maximum Gasteiger partial charge on any atom is 0.406 e. The Bertz CT molecular complexity index is 1050. The van der Waals surface area contributed by atoms with Gasteiger partial charge in [-0.15, -0.1) is 0 Å². The van der Waals surface area contributed by atoms with Crippen LogP contribution in [-0.4, -0.2) is 53.0 Å². The Morgan fingerprint density at radius 3 is 2.20 bits per heavy atom. The second kappa shape index (κ2) is 11.3. The predicted molar refractivity (Wildman–Crippen MR) is 124 cm³/mol. The van der Waals surface area contributed by atoms with Crippen LogP contribution in [0.25, 0.3) is 0 Å². The molecule has 1 aliphatic heterocycles. The van der Waals surface area contributed by atoms with E-state index in [1.807, 2.05) is 24.8 Å². The molecule has 9 heteroatoms. The van der Waals surface area contributed by atoms with Crippen LogP contribution in [0.3, 0.4) is 0 Å². The van der Waals surface area contributed by atoms with Crippen LogP contribution in [0, 0.1) is 11.3 Å². The van der Waals surface area contributed by atoms with E-state index in [1.54, 1.807) is 0 Å². The molecule has 0 bridgehead atoms. The lowest BCUT2D eigenvalue weighted by molar-refractivity contribution is -0.141. The molecule has 35 heavy (non-hydrogen) atoms. The molecular weight excluding hydrogens is 459 g/mol. The van der Waals surface area contributed by atoms with Crippen molar-refractivity contribution in [2.24, 2.45) is 0 Å². The third-order valence-electron chi connectivity index (χ3n) is 6.06. The number of rotatable bonds is 7. The molecule has 2 amide bonds. The largest absolute Gasteiger partial charge is 0.484 e. The van der Waals surface area contributed by atoms with Crippen LogP contribution in [-0.2, 0) is 11.3 Å². The molecule has 1 fully saturated rings. The van der Waals surface area contributed by atoms with Gasteiger partial charge in [0.1, 0.15) is 12.3 Å². The molecule has 0 aromatic heterocycles. The van der Waals surface area contributed by atoms with Crippen LogP contribution in [0.15, 0.2) is 48.5 Å². The van der Waals surface area contributed by atoms with E-state index in [2.05, 4.69) is 0 Å². The number of nitriles is 1. The Labute approximate surface area is 202 Å². The molecule has 2 unspecified atom stereocenters. The summed E-state index contributed by atoms with van der Waals surface area (Å²) in [7, 11) is 0. The number of amides is 2. The molecule has 0 N–H and O–H groups in total. The van der Waals surface area contributed by atoms with Crippen LogP contribution in [0.2, 0.25) is 0 Å². The SMILES string of the molecule is CC1CCCC(C)N1C(=O)COc1ccc(C(=O)N(Cc2ccc(C#N)cc2)CC(F)(F)F)cc1. The summed E-state index contributed by atoms with van der Waals surface area (Å²) >= 11 is 0. The van der Waals surface area contributed by atoms with Crippen molar-refractivity contribution in [3.8, 4) is 11.8 Å². The van der Waals surface area contributed by atoms with Crippen molar-refractivity contribution in [3.05, 3.63) is 65.2 Å². The first-order chi connectivity index (χ1) is 16.6. The van der Waals surface area contributed by atoms with Crippen LogP contribution in [0.4, 0.5) is 13.2 Å². The summed E-state index contributed by atoms with van der Waals surface area (Å²) in [4.78, 5) is 28.0. The van der Waals surface area contributed by atoms with Crippen molar-refractivity contribution < 1.29 is 27.5 Å². The van der Waals surface area contributed by atoms with E-state index < -0.39 is 18.6 Å². The van der Waals surface area contributed by atoms with E-state index >= 15 is 0 Å². The van der Waals surface area contributed by atoms with Crippen LogP contribution >= 0.6 is 0 Å². The van der Waals surface area contributed by atoms with Gasteiger partial charge in [0.15, 0.2) is 6.61 Å². The lowest BCUT2D eigenvalue weighted by Crippen LogP contribution is -2.49. The average Bonchev–Trinajstić information content (AvgIpc) is 2.82. The molecule has 186 valence electrons. The van der Waals surface area contributed by atoms with Gasteiger partial charge in [0.25, 0.3) is 11.8 Å². The normalized spacial score (nSPS) is 18.0. The predicted octanol–water partition coefficient (Wildman–Crippen LogP) is 4.93. The highest BCUT2D eigenvalue weighted by molar-refractivity contribution is 5.94. The fourth-order valence-electron chi connectivity index (χ4n) is 4.33. The summed E-state index contributed by atoms with van der Waals surface area (Å²) in [6.45, 7) is 2.20. The smallest absolute Gasteiger partial charge is 0.406 e. The first-order valence-electron chi connectivity index (χ1n) is 11.5. The molecule has 2 atom stereocenters. The van der Waals surface area contributed by atoms with Crippen LogP contribution in [0.5, 0.6) is 5.75 Å². The number of halogens is 3. The van der Waals surface area contributed by atoms with Gasteiger partial charge >= 0.3 is 6.18 Å². The number of hydrogen-bond donors (Lipinski definition) is 0. The van der Waals surface area contributed by atoms with Gasteiger partial charge in [-0.1, -0.05) is 12.1 Å². The minimum atomic E-state index is -4.58. The third-order valence-corrected chi connectivity index (χ3v) is 6.06. The van der Waals surface area contributed by atoms with E-state index in [0.29, 0.717) is 21.8 Å². The summed E-state index contributed by atoms with van der Waals surface area (Å²) in [5, 5.41) is 8.89. The zero-order valence-electron chi connectivity index (χ0n) is 19.7. The average molecular weight is 488 g/mol. The molecule has 3 rings (SSSR count). The van der Waals surface area contributed by atoms with Crippen molar-refractivity contribution in [1.82, 2.24) is 9.80 Å². The summed E-state index contributed by atoms with van der Waals surface area (Å²) in [5.74, 6) is -0.560. The number of carbonyl (C=O) groups excluding carboxylic acids is 2. The maximum atomic E-state index is 13.2. The topological polar surface area (TPSA) is 73.6 Å². The standard InChI is InChI=1S/C26H28F3N3O3/c1-18-4-3-5-19(2)32(18)24(33)16-35-23-12-10-22(11-13-23)25(34)31(17-26(27,28)29)15-21-8-6-20(14-30)7-9-21/h6-13,18-19H,3-5,15-17H2,1-2H3. The number of piperidine rings is 1. The van der Waals surface area contributed by atoms with Crippen molar-refractivity contribution >= 4 is 11.8 Å². The van der Waals surface area contributed by atoms with Crippen molar-refractivity contribution in [2.45, 2.75) is 57.9 Å². The Balaban J connectivity index is 1.66. The summed E-state index contributed by atoms with van der Waals surface area (Å²) in [6.07, 6.45) is -1.60. The van der Waals surface area contributed by atoms with Crippen LogP contribution < -0.4 is 4.74 Å². The molecule has 6 nitrogen and oxygen atoms in total. The van der Waals surface area contributed by atoms with Crippen LogP contribution in [0.1, 0.15) is 54.6 Å². The molecule has 0 aliphatic carbocycles. The number of ether oxygens (including phenoxy) is 1. The van der Waals surface area contributed by atoms with Gasteiger partial charge in [-0.25, -0.2) is 0 Å². The zero-order valence-corrected chi connectivity index (χ0v) is 19.7. The Morgan fingerprint density at radius 2 is 1.66 bits per heavy atom. The fraction of sp³-hybridized carbons (Fsp3) is 0.423. The van der Waals surface area contributed by atoms with Gasteiger partial charge < -0.3 is 14.5 Å². The van der Waals surface area contributed by atoms with Gasteiger partial charge in [-0.05, 0) is 75.1 Å². The van der Waals surface area contributed by atoms with Crippen molar-refractivity contribution in [3.63, 3.8) is 0 Å². The number of alkyl halides is 3. The first-order valence-corrected chi connectivity index (χ1v) is 11.5. The Morgan fingerprint density at radius 1 is 1.06 bits per heavy atom. The van der Waals surface area contributed by atoms with E-state index in [9.17, 15) is 22.8 Å². The second-order valence-corrected chi connectivity index (χ2v) is 8.83. The van der Waals surface area contributed by atoms with Gasteiger partial charge in [0.2, 0.25) is 0 Å². The lowest BCUT2D eigenvalue weighted by Gasteiger charge is -2.38. The minimum absolute atomic E-state index is 0.0693. The van der Waals surface area contributed by atoms with Gasteiger partial charge in [0, 0.05) is 24.2 Å². The Hall–Kier alpha value is -3.54. The quantitative estimate of drug-likeness (QED) is 0.555. The molecule has 0 radical (unpaired) electrons. The van der Waals surface area contributed by atoms with Gasteiger partial charge in [-0.3, -0.25) is 9.59 Å². The highest BCUT2D eigenvalue weighted by Crippen LogP contribution is 2.24. The molecule has 0 spiro atoms. The third kappa shape index (κ3) is 7.22. The fourth-order valence-corrected chi connectivity index (χ4v) is 4.33. The molecule has 0 saturated carbocycles. The number of nitrogens with zero attached hydrogens (tertiary/aromatic N) is 3. The van der Waals surface area contributed by atoms with Crippen molar-refractivity contribution in [1.29, 1.82) is 5.26 Å². The first kappa shape index (κ1) is 26.1. The monoisotopic (exact) mass is 487 g/mol. The molecule has 2 aromatic rings.